The number of hydrogen-bond donors (Lipinski definition) is 1. The van der Waals surface area contributed by atoms with E-state index < -0.39 is 0 Å². The van der Waals surface area contributed by atoms with Gasteiger partial charge >= 0.3 is 0 Å². The molecule has 34 heavy (non-hydrogen) atoms. The zero-order chi connectivity index (χ0) is 24.5. The third-order valence-corrected chi connectivity index (χ3v) is 7.76. The van der Waals surface area contributed by atoms with Crippen molar-refractivity contribution >= 4 is 58.1 Å². The zero-order valence-corrected chi connectivity index (χ0v) is 22.7. The van der Waals surface area contributed by atoms with E-state index in [1.54, 1.807) is 6.07 Å². The lowest BCUT2D eigenvalue weighted by molar-refractivity contribution is 0.357. The Bertz CT molecular complexity index is 1130. The van der Waals surface area contributed by atoms with Crippen LogP contribution < -0.4 is 10.2 Å². The van der Waals surface area contributed by atoms with Crippen molar-refractivity contribution < 1.29 is 0 Å². The van der Waals surface area contributed by atoms with Crippen LogP contribution in [0.4, 0.5) is 5.69 Å². The summed E-state index contributed by atoms with van der Waals surface area (Å²) in [5, 5.41) is 5.55. The second-order valence-electron chi connectivity index (χ2n) is 10.5. The van der Waals surface area contributed by atoms with Crippen LogP contribution in [0.15, 0.2) is 53.5 Å². The van der Waals surface area contributed by atoms with E-state index in [0.29, 0.717) is 10.0 Å². The molecule has 0 aromatic heterocycles. The van der Waals surface area contributed by atoms with Crippen molar-refractivity contribution in [3.63, 3.8) is 0 Å². The second kappa shape index (κ2) is 10.0. The SMILES string of the molecule is Cc1ccccc1N1C(=S)NC(=N[C@@H](/C=C/c2ccc(Cl)cc2Cl)C(C)(C)C)C12CCCCC2. The average molecular weight is 515 g/mol. The van der Waals surface area contributed by atoms with Crippen molar-refractivity contribution in [3.05, 3.63) is 69.7 Å². The van der Waals surface area contributed by atoms with Crippen molar-refractivity contribution in [3.8, 4) is 0 Å². The molecule has 2 aliphatic rings. The largest absolute Gasteiger partial charge is 0.319 e. The van der Waals surface area contributed by atoms with Crippen LogP contribution in [0.5, 0.6) is 0 Å². The third-order valence-electron chi connectivity index (χ3n) is 6.91. The molecule has 0 bridgehead atoms. The van der Waals surface area contributed by atoms with E-state index in [0.717, 1.165) is 29.4 Å². The highest BCUT2D eigenvalue weighted by Gasteiger charge is 2.50. The predicted octanol–water partition coefficient (Wildman–Crippen LogP) is 8.23. The molecular formula is C28H33Cl2N3S. The summed E-state index contributed by atoms with van der Waals surface area (Å²) in [5.74, 6) is 0.993. The fourth-order valence-corrected chi connectivity index (χ4v) is 5.81. The van der Waals surface area contributed by atoms with Gasteiger partial charge in [0.25, 0.3) is 0 Å². The van der Waals surface area contributed by atoms with Crippen LogP contribution in [-0.2, 0) is 0 Å². The lowest BCUT2D eigenvalue weighted by atomic mass is 9.79. The van der Waals surface area contributed by atoms with Crippen LogP contribution in [0.25, 0.3) is 6.08 Å². The monoisotopic (exact) mass is 513 g/mol. The minimum atomic E-state index is -0.225. The number of nitrogens with one attached hydrogen (secondary N) is 1. The van der Waals surface area contributed by atoms with Gasteiger partial charge in [0.15, 0.2) is 5.11 Å². The van der Waals surface area contributed by atoms with Gasteiger partial charge in [0.1, 0.15) is 11.4 Å². The average Bonchev–Trinajstić information content (AvgIpc) is 3.02. The normalized spacial score (nSPS) is 20.4. The maximum absolute atomic E-state index is 6.43. The van der Waals surface area contributed by atoms with Crippen LogP contribution in [-0.4, -0.2) is 22.5 Å². The quantitative estimate of drug-likeness (QED) is 0.417. The molecule has 3 nitrogen and oxygen atoms in total. The predicted molar refractivity (Wildman–Crippen MR) is 151 cm³/mol. The summed E-state index contributed by atoms with van der Waals surface area (Å²) in [6.07, 6.45) is 9.87. The summed E-state index contributed by atoms with van der Waals surface area (Å²) in [4.78, 5) is 7.70. The Morgan fingerprint density at radius 3 is 2.44 bits per heavy atom. The number of nitrogens with zero attached hydrogens (tertiary/aromatic N) is 2. The molecule has 2 fully saturated rings. The molecule has 0 amide bonds. The van der Waals surface area contributed by atoms with Gasteiger partial charge in [-0.1, -0.05) is 99.7 Å². The second-order valence-corrected chi connectivity index (χ2v) is 11.7. The number of aryl methyl sites for hydroxylation is 1. The molecule has 1 spiro atoms. The van der Waals surface area contributed by atoms with Crippen molar-refractivity contribution in [2.24, 2.45) is 10.4 Å². The number of halogens is 2. The first-order valence-electron chi connectivity index (χ1n) is 12.0. The van der Waals surface area contributed by atoms with E-state index >= 15 is 0 Å². The van der Waals surface area contributed by atoms with Gasteiger partial charge in [0, 0.05) is 15.7 Å². The Kier molecular flexibility index (Phi) is 7.42. The Morgan fingerprint density at radius 2 is 1.79 bits per heavy atom. The lowest BCUT2D eigenvalue weighted by Crippen LogP contribution is -2.52. The summed E-state index contributed by atoms with van der Waals surface area (Å²) in [6, 6.07) is 14.0. The third kappa shape index (κ3) is 5.05. The van der Waals surface area contributed by atoms with Gasteiger partial charge < -0.3 is 10.2 Å². The van der Waals surface area contributed by atoms with Gasteiger partial charge in [-0.3, -0.25) is 4.99 Å². The summed E-state index contributed by atoms with van der Waals surface area (Å²) in [5.41, 5.74) is 3.02. The maximum atomic E-state index is 6.43. The van der Waals surface area contributed by atoms with Crippen LogP contribution in [0, 0.1) is 12.3 Å². The fourth-order valence-electron chi connectivity index (χ4n) is 4.97. The van der Waals surface area contributed by atoms with Crippen LogP contribution in [0.3, 0.4) is 0 Å². The molecule has 1 aliphatic carbocycles. The van der Waals surface area contributed by atoms with Crippen molar-refractivity contribution in [2.75, 3.05) is 4.90 Å². The summed E-state index contributed by atoms with van der Waals surface area (Å²) < 4.78 is 0. The smallest absolute Gasteiger partial charge is 0.179 e. The van der Waals surface area contributed by atoms with Crippen molar-refractivity contribution in [1.29, 1.82) is 0 Å². The number of thiocarbonyl (C=S) groups is 1. The molecule has 2 aromatic rings. The van der Waals surface area contributed by atoms with Crippen LogP contribution in [0.2, 0.25) is 10.0 Å². The summed E-state index contributed by atoms with van der Waals surface area (Å²) >= 11 is 18.4. The zero-order valence-electron chi connectivity index (χ0n) is 20.4. The van der Waals surface area contributed by atoms with Gasteiger partial charge in [-0.05, 0) is 66.7 Å². The van der Waals surface area contributed by atoms with Gasteiger partial charge in [-0.2, -0.15) is 0 Å². The van der Waals surface area contributed by atoms with Crippen LogP contribution >= 0.6 is 35.4 Å². The highest BCUT2D eigenvalue weighted by Crippen LogP contribution is 2.42. The van der Waals surface area contributed by atoms with Crippen LogP contribution in [0.1, 0.15) is 64.0 Å². The van der Waals surface area contributed by atoms with Gasteiger partial charge in [-0.15, -0.1) is 0 Å². The van der Waals surface area contributed by atoms with E-state index in [1.807, 2.05) is 12.1 Å². The molecule has 0 radical (unpaired) electrons. The topological polar surface area (TPSA) is 27.6 Å². The van der Waals surface area contributed by atoms with Crippen molar-refractivity contribution in [1.82, 2.24) is 5.32 Å². The number of amidine groups is 1. The Balaban J connectivity index is 1.76. The fraction of sp³-hybridized carbons (Fsp3) is 0.429. The molecule has 1 saturated carbocycles. The first-order chi connectivity index (χ1) is 16.1. The van der Waals surface area contributed by atoms with E-state index in [9.17, 15) is 0 Å². The molecule has 2 aromatic carbocycles. The van der Waals surface area contributed by atoms with E-state index in [1.165, 1.54) is 30.5 Å². The number of para-hydroxylation sites is 1. The molecule has 4 rings (SSSR count). The van der Waals surface area contributed by atoms with Gasteiger partial charge in [0.05, 0.1) is 6.04 Å². The summed E-state index contributed by atoms with van der Waals surface area (Å²) in [6.45, 7) is 8.81. The number of anilines is 1. The molecule has 6 heteroatoms. The Morgan fingerprint density at radius 1 is 1.09 bits per heavy atom. The standard InChI is InChI=1S/C28H33Cl2N3S/c1-19-10-6-7-11-23(19)33-26(34)32-25(28(33)16-8-5-9-17-28)31-24(27(2,3)4)15-13-20-12-14-21(29)18-22(20)30/h6-7,10-15,18,24H,5,8-9,16-17H2,1-4H3,(H,31,32,34)/b15-13+/t24-/m0/s1. The van der Waals surface area contributed by atoms with Gasteiger partial charge in [-0.25, -0.2) is 0 Å². The molecule has 1 saturated heterocycles. The maximum Gasteiger partial charge on any atom is 0.179 e. The lowest BCUT2D eigenvalue weighted by Gasteiger charge is -2.42. The Labute approximate surface area is 219 Å². The highest BCUT2D eigenvalue weighted by atomic mass is 35.5. The number of hydrogen-bond acceptors (Lipinski definition) is 2. The number of rotatable bonds is 4. The molecule has 180 valence electrons. The first-order valence-corrected chi connectivity index (χ1v) is 13.2. The molecule has 0 unspecified atom stereocenters. The van der Waals surface area contributed by atoms with E-state index in [2.05, 4.69) is 74.3 Å². The molecule has 1 N–H and O–H groups in total. The number of benzene rings is 2. The molecular weight excluding hydrogens is 481 g/mol. The molecule has 1 heterocycles. The summed E-state index contributed by atoms with van der Waals surface area (Å²) in [7, 11) is 0. The number of aliphatic imine (C=N–C) groups is 1. The van der Waals surface area contributed by atoms with E-state index in [-0.39, 0.29) is 17.0 Å². The molecule has 1 aliphatic heterocycles. The molecule has 1 atom stereocenters. The highest BCUT2D eigenvalue weighted by molar-refractivity contribution is 7.80. The van der Waals surface area contributed by atoms with Gasteiger partial charge in [0.2, 0.25) is 0 Å². The Hall–Kier alpha value is -1.88. The minimum Gasteiger partial charge on any atom is -0.319 e. The van der Waals surface area contributed by atoms with E-state index in [4.69, 9.17) is 40.4 Å². The minimum absolute atomic E-state index is 0.0554. The van der Waals surface area contributed by atoms with Crippen molar-refractivity contribution in [2.45, 2.75) is 71.4 Å². The first kappa shape index (κ1) is 25.2.